The predicted molar refractivity (Wildman–Crippen MR) is 154 cm³/mol. The van der Waals surface area contributed by atoms with Gasteiger partial charge in [-0.2, -0.15) is 0 Å². The quantitative estimate of drug-likeness (QED) is 0.332. The number of aromatic nitrogens is 2. The summed E-state index contributed by atoms with van der Waals surface area (Å²) in [6.45, 7) is 6.72. The van der Waals surface area contributed by atoms with Crippen molar-refractivity contribution >= 4 is 45.5 Å². The molecule has 2 heterocycles. The highest BCUT2D eigenvalue weighted by Gasteiger charge is 2.27. The largest absolute Gasteiger partial charge is 0.489 e. The van der Waals surface area contributed by atoms with Gasteiger partial charge in [0.05, 0.1) is 49.1 Å². The van der Waals surface area contributed by atoms with Gasteiger partial charge in [-0.3, -0.25) is 10.3 Å². The average Bonchev–Trinajstić information content (AvgIpc) is 2.96. The molecule has 2 aromatic carbocycles. The molecule has 0 saturated carbocycles. The molecular weight excluding hydrogens is 598 g/mol. The number of aryl methyl sites for hydroxylation is 2. The van der Waals surface area contributed by atoms with Crippen LogP contribution in [0.5, 0.6) is 11.5 Å². The van der Waals surface area contributed by atoms with E-state index >= 15 is 0 Å². The number of morpholine rings is 1. The van der Waals surface area contributed by atoms with Gasteiger partial charge in [-0.25, -0.2) is 19.4 Å². The molecule has 0 radical (unpaired) electrons. The molecule has 12 nitrogen and oxygen atoms in total. The Morgan fingerprint density at radius 1 is 1.10 bits per heavy atom. The second kappa shape index (κ2) is 13.9. The lowest BCUT2D eigenvalue weighted by Crippen LogP contribution is -2.48. The van der Waals surface area contributed by atoms with Gasteiger partial charge in [0.1, 0.15) is 24.2 Å². The van der Waals surface area contributed by atoms with Gasteiger partial charge in [0.15, 0.2) is 5.82 Å². The van der Waals surface area contributed by atoms with Crippen LogP contribution in [0.1, 0.15) is 28.5 Å². The van der Waals surface area contributed by atoms with Gasteiger partial charge in [-0.05, 0) is 62.7 Å². The van der Waals surface area contributed by atoms with Crippen molar-refractivity contribution < 1.29 is 33.3 Å². The summed E-state index contributed by atoms with van der Waals surface area (Å²) >= 11 is 3.49. The summed E-state index contributed by atoms with van der Waals surface area (Å²) in [6.07, 6.45) is 2.04. The highest BCUT2D eigenvalue weighted by molar-refractivity contribution is 9.10. The summed E-state index contributed by atoms with van der Waals surface area (Å²) in [5.74, 6) is 0.598. The van der Waals surface area contributed by atoms with Crippen LogP contribution in [-0.2, 0) is 9.47 Å². The highest BCUT2D eigenvalue weighted by atomic mass is 79.9. The van der Waals surface area contributed by atoms with Crippen LogP contribution in [0, 0.1) is 13.8 Å². The Morgan fingerprint density at radius 2 is 1.88 bits per heavy atom. The lowest BCUT2D eigenvalue weighted by molar-refractivity contribution is -0.0400. The van der Waals surface area contributed by atoms with E-state index in [0.29, 0.717) is 41.7 Å². The third kappa shape index (κ3) is 8.38. The summed E-state index contributed by atoms with van der Waals surface area (Å²) in [7, 11) is 0. The minimum Gasteiger partial charge on any atom is -0.489 e. The number of esters is 1. The van der Waals surface area contributed by atoms with Gasteiger partial charge >= 0.3 is 18.1 Å². The Bertz CT molecular complexity index is 1390. The number of anilines is 2. The first-order chi connectivity index (χ1) is 19.7. The van der Waals surface area contributed by atoms with E-state index in [1.54, 1.807) is 32.2 Å². The molecule has 1 fully saturated rings. The first-order valence-corrected chi connectivity index (χ1v) is 13.7. The number of halogens is 1. The first-order valence-electron chi connectivity index (χ1n) is 12.9. The van der Waals surface area contributed by atoms with Crippen molar-refractivity contribution in [2.45, 2.75) is 26.9 Å². The van der Waals surface area contributed by atoms with Crippen molar-refractivity contribution in [2.75, 3.05) is 43.5 Å². The van der Waals surface area contributed by atoms with Gasteiger partial charge in [0.25, 0.3) is 0 Å². The maximum atomic E-state index is 12.8. The monoisotopic (exact) mass is 627 g/mol. The number of hydrogen-bond donors (Lipinski definition) is 2. The van der Waals surface area contributed by atoms with E-state index in [9.17, 15) is 14.4 Å². The molecule has 3 aromatic rings. The Labute approximate surface area is 245 Å². The van der Waals surface area contributed by atoms with Gasteiger partial charge in [0.2, 0.25) is 0 Å². The molecular formula is C28H30BrN5O7. The lowest BCUT2D eigenvalue weighted by atomic mass is 10.2. The second-order valence-electron chi connectivity index (χ2n) is 9.08. The van der Waals surface area contributed by atoms with Gasteiger partial charge < -0.3 is 29.2 Å². The summed E-state index contributed by atoms with van der Waals surface area (Å²) < 4.78 is 23.1. The van der Waals surface area contributed by atoms with E-state index in [4.69, 9.17) is 18.9 Å². The number of nitrogens with zero attached hydrogens (tertiary/aromatic N) is 3. The van der Waals surface area contributed by atoms with Crippen molar-refractivity contribution in [1.82, 2.24) is 14.9 Å². The number of carbonyl (C=O) groups excluding carboxylic acids is 3. The van der Waals surface area contributed by atoms with Crippen molar-refractivity contribution in [3.63, 3.8) is 0 Å². The Morgan fingerprint density at radius 3 is 2.59 bits per heavy atom. The molecule has 1 aromatic heterocycles. The van der Waals surface area contributed by atoms with E-state index in [2.05, 4.69) is 36.5 Å². The van der Waals surface area contributed by atoms with Crippen LogP contribution in [0.3, 0.4) is 0 Å². The van der Waals surface area contributed by atoms with Crippen LogP contribution in [-0.4, -0.2) is 72.0 Å². The zero-order chi connectivity index (χ0) is 29.4. The van der Waals surface area contributed by atoms with E-state index in [1.165, 1.54) is 35.4 Å². The van der Waals surface area contributed by atoms with E-state index in [0.717, 1.165) is 15.7 Å². The molecule has 1 saturated heterocycles. The molecule has 1 aliphatic heterocycles. The number of amides is 3. The molecule has 1 atom stereocenters. The third-order valence-electron chi connectivity index (χ3n) is 5.92. The van der Waals surface area contributed by atoms with Gasteiger partial charge in [-0.1, -0.05) is 15.9 Å². The molecule has 1 aliphatic rings. The molecule has 2 N–H and O–H groups in total. The fourth-order valence-corrected chi connectivity index (χ4v) is 4.15. The zero-order valence-electron chi connectivity index (χ0n) is 22.8. The van der Waals surface area contributed by atoms with Gasteiger partial charge in [-0.15, -0.1) is 0 Å². The average molecular weight is 628 g/mol. The first kappa shape index (κ1) is 29.7. The SMILES string of the molecule is CCOC(=O)c1ccc(OC(=O)N2CCO[C@H](COc3cc(C)c(Br)cc3NC(=O)Nc3cnc(C)cn3)C2)cc1. The molecule has 13 heteroatoms. The Kier molecular flexibility index (Phi) is 10.1. The normalized spacial score (nSPS) is 14.6. The second-order valence-corrected chi connectivity index (χ2v) is 9.94. The minimum absolute atomic E-state index is 0.124. The van der Waals surface area contributed by atoms with Crippen LogP contribution >= 0.6 is 15.9 Å². The van der Waals surface area contributed by atoms with Crippen LogP contribution in [0.15, 0.2) is 53.3 Å². The standard InChI is InChI=1S/C28H30BrN5O7/c1-4-38-26(35)19-5-7-20(8-6-19)41-28(37)34-9-10-39-21(15-34)16-40-24-11-17(2)22(29)12-23(24)32-27(36)33-25-14-30-18(3)13-31-25/h5-8,11-14,21H,4,9-10,15-16H2,1-3H3,(H2,31,32,33,36)/t21-/m0/s1. The van der Waals surface area contributed by atoms with E-state index in [-0.39, 0.29) is 19.8 Å². The summed E-state index contributed by atoms with van der Waals surface area (Å²) in [4.78, 5) is 47.0. The zero-order valence-corrected chi connectivity index (χ0v) is 24.4. The van der Waals surface area contributed by atoms with Crippen LogP contribution < -0.4 is 20.1 Å². The fourth-order valence-electron chi connectivity index (χ4n) is 3.81. The summed E-state index contributed by atoms with van der Waals surface area (Å²) in [6, 6.07) is 9.17. The molecule has 4 rings (SSSR count). The Balaban J connectivity index is 1.34. The maximum Gasteiger partial charge on any atom is 0.415 e. The number of benzene rings is 2. The molecule has 0 spiro atoms. The topological polar surface area (TPSA) is 141 Å². The lowest BCUT2D eigenvalue weighted by Gasteiger charge is -2.32. The molecule has 0 aliphatic carbocycles. The van der Waals surface area contributed by atoms with Crippen molar-refractivity contribution in [3.05, 3.63) is 70.1 Å². The number of carbonyl (C=O) groups is 3. The number of urea groups is 1. The van der Waals surface area contributed by atoms with Gasteiger partial charge in [0, 0.05) is 11.0 Å². The fraction of sp³-hybridized carbons (Fsp3) is 0.321. The minimum atomic E-state index is -0.542. The van der Waals surface area contributed by atoms with Crippen molar-refractivity contribution in [1.29, 1.82) is 0 Å². The number of nitrogens with one attached hydrogen (secondary N) is 2. The third-order valence-corrected chi connectivity index (χ3v) is 6.78. The van der Waals surface area contributed by atoms with Crippen molar-refractivity contribution in [3.8, 4) is 11.5 Å². The maximum absolute atomic E-state index is 12.8. The molecule has 41 heavy (non-hydrogen) atoms. The van der Waals surface area contributed by atoms with E-state index < -0.39 is 24.2 Å². The highest BCUT2D eigenvalue weighted by Crippen LogP contribution is 2.32. The molecule has 216 valence electrons. The number of ether oxygens (including phenoxy) is 4. The smallest absolute Gasteiger partial charge is 0.415 e. The van der Waals surface area contributed by atoms with Crippen LogP contribution in [0.25, 0.3) is 0 Å². The Hall–Kier alpha value is -4.23. The molecule has 0 bridgehead atoms. The van der Waals surface area contributed by atoms with Crippen LogP contribution in [0.4, 0.5) is 21.1 Å². The summed E-state index contributed by atoms with van der Waals surface area (Å²) in [5.41, 5.74) is 2.43. The van der Waals surface area contributed by atoms with Crippen molar-refractivity contribution in [2.24, 2.45) is 0 Å². The predicted octanol–water partition coefficient (Wildman–Crippen LogP) is 4.96. The number of hydrogen-bond acceptors (Lipinski definition) is 9. The molecule has 3 amide bonds. The van der Waals surface area contributed by atoms with E-state index in [1.807, 2.05) is 6.92 Å². The van der Waals surface area contributed by atoms with Crippen LogP contribution in [0.2, 0.25) is 0 Å². The number of rotatable bonds is 8. The molecule has 0 unspecified atom stereocenters. The summed E-state index contributed by atoms with van der Waals surface area (Å²) in [5, 5.41) is 5.41.